The predicted octanol–water partition coefficient (Wildman–Crippen LogP) is 6.08. The van der Waals surface area contributed by atoms with Gasteiger partial charge in [-0.25, -0.2) is 4.79 Å². The number of benzene rings is 2. The van der Waals surface area contributed by atoms with Crippen molar-refractivity contribution in [3.8, 4) is 0 Å². The van der Waals surface area contributed by atoms with Gasteiger partial charge in [-0.1, -0.05) is 11.6 Å². The number of amides is 2. The predicted molar refractivity (Wildman–Crippen MR) is 94.3 cm³/mol. The molecule has 0 bridgehead atoms. The Balaban J connectivity index is 1.66. The Kier molecular flexibility index (Phi) is 4.82. The highest BCUT2D eigenvalue weighted by atomic mass is 35.5. The number of fused-ring (bicyclic) bond motifs is 1. The molecule has 3 N–H and O–H groups in total. The van der Waals surface area contributed by atoms with Crippen LogP contribution in [0.5, 0.6) is 0 Å². The van der Waals surface area contributed by atoms with Crippen LogP contribution < -0.4 is 10.6 Å². The van der Waals surface area contributed by atoms with E-state index in [0.717, 1.165) is 10.9 Å². The van der Waals surface area contributed by atoms with E-state index in [1.807, 2.05) is 0 Å². The molecule has 1 aromatic heterocycles. The maximum Gasteiger partial charge on any atom is 0.446 e. The summed E-state index contributed by atoms with van der Waals surface area (Å²) in [5, 5.41) is 6.60. The van der Waals surface area contributed by atoms with Crippen molar-refractivity contribution in [3.63, 3.8) is 0 Å². The van der Waals surface area contributed by atoms with Crippen LogP contribution in [0.1, 0.15) is 0 Å². The molecule has 1 heterocycles. The van der Waals surface area contributed by atoms with E-state index in [2.05, 4.69) is 15.6 Å². The molecule has 130 valence electrons. The molecule has 9 heteroatoms. The molecule has 25 heavy (non-hydrogen) atoms. The first-order chi connectivity index (χ1) is 11.8. The fourth-order valence-corrected chi connectivity index (χ4v) is 2.94. The van der Waals surface area contributed by atoms with Crippen LogP contribution >= 0.6 is 23.4 Å². The average Bonchev–Trinajstić information content (AvgIpc) is 2.90. The normalized spacial score (nSPS) is 11.5. The van der Waals surface area contributed by atoms with Crippen LogP contribution in [-0.2, 0) is 0 Å². The average molecular weight is 386 g/mol. The lowest BCUT2D eigenvalue weighted by Crippen LogP contribution is -2.19. The van der Waals surface area contributed by atoms with Gasteiger partial charge >= 0.3 is 11.5 Å². The van der Waals surface area contributed by atoms with Crippen LogP contribution in [0.25, 0.3) is 10.9 Å². The first kappa shape index (κ1) is 17.5. The molecule has 0 aliphatic heterocycles. The summed E-state index contributed by atoms with van der Waals surface area (Å²) in [5.41, 5.74) is -2.62. The van der Waals surface area contributed by atoms with Gasteiger partial charge in [0.25, 0.3) is 0 Å². The van der Waals surface area contributed by atoms with E-state index in [1.54, 1.807) is 24.4 Å². The summed E-state index contributed by atoms with van der Waals surface area (Å²) >= 11 is 5.69. The molecule has 0 saturated heterocycles. The van der Waals surface area contributed by atoms with Gasteiger partial charge in [-0.2, -0.15) is 13.2 Å². The van der Waals surface area contributed by atoms with Crippen molar-refractivity contribution >= 4 is 51.7 Å². The standard InChI is InChI=1S/C16H11ClF3N3OS/c17-9-1-6-12-13(7-9)21-8-14(12)23-15(24)22-10-2-4-11(5-3-10)25-16(18,19)20/h1-8,21H,(H2,22,23,24). The number of halogens is 4. The Morgan fingerprint density at radius 1 is 1.08 bits per heavy atom. The number of rotatable bonds is 3. The van der Waals surface area contributed by atoms with Crippen LogP contribution in [0, 0.1) is 0 Å². The van der Waals surface area contributed by atoms with E-state index in [9.17, 15) is 18.0 Å². The molecule has 0 spiro atoms. The molecule has 0 radical (unpaired) electrons. The molecule has 0 atom stereocenters. The lowest BCUT2D eigenvalue weighted by molar-refractivity contribution is -0.0328. The van der Waals surface area contributed by atoms with Gasteiger partial charge in [-0.15, -0.1) is 0 Å². The highest BCUT2D eigenvalue weighted by Gasteiger charge is 2.29. The number of anilines is 2. The van der Waals surface area contributed by atoms with Gasteiger partial charge in [0.15, 0.2) is 0 Å². The zero-order valence-electron chi connectivity index (χ0n) is 12.4. The number of aromatic nitrogens is 1. The third-order valence-corrected chi connectivity index (χ3v) is 4.21. The lowest BCUT2D eigenvalue weighted by Gasteiger charge is -2.09. The molecule has 0 unspecified atom stereocenters. The minimum atomic E-state index is -4.34. The fourth-order valence-electron chi connectivity index (χ4n) is 2.23. The number of carbonyl (C=O) groups is 1. The highest BCUT2D eigenvalue weighted by molar-refractivity contribution is 8.00. The van der Waals surface area contributed by atoms with Crippen molar-refractivity contribution in [3.05, 3.63) is 53.7 Å². The van der Waals surface area contributed by atoms with E-state index in [4.69, 9.17) is 11.6 Å². The Morgan fingerprint density at radius 3 is 2.48 bits per heavy atom. The van der Waals surface area contributed by atoms with E-state index in [-0.39, 0.29) is 16.7 Å². The lowest BCUT2D eigenvalue weighted by atomic mass is 10.2. The summed E-state index contributed by atoms with van der Waals surface area (Å²) in [6.07, 6.45) is 1.63. The molecule has 0 fully saturated rings. The van der Waals surface area contributed by atoms with Crippen molar-refractivity contribution in [1.82, 2.24) is 4.98 Å². The molecule has 2 amide bonds. The smallest absolute Gasteiger partial charge is 0.359 e. The van der Waals surface area contributed by atoms with E-state index in [1.165, 1.54) is 24.3 Å². The first-order valence-corrected chi connectivity index (χ1v) is 8.20. The number of H-pyrrole nitrogens is 1. The van der Waals surface area contributed by atoms with Gasteiger partial charge in [0.2, 0.25) is 0 Å². The van der Waals surface area contributed by atoms with Gasteiger partial charge in [-0.3, -0.25) is 0 Å². The van der Waals surface area contributed by atoms with E-state index >= 15 is 0 Å². The van der Waals surface area contributed by atoms with Crippen molar-refractivity contribution < 1.29 is 18.0 Å². The van der Waals surface area contributed by atoms with Gasteiger partial charge in [0.05, 0.1) is 5.69 Å². The summed E-state index contributed by atoms with van der Waals surface area (Å²) in [6, 6.07) is 10.1. The number of hydrogen-bond acceptors (Lipinski definition) is 2. The number of carbonyl (C=O) groups excluding carboxylic acids is 1. The van der Waals surface area contributed by atoms with Gasteiger partial charge in [-0.05, 0) is 54.2 Å². The highest BCUT2D eigenvalue weighted by Crippen LogP contribution is 2.37. The van der Waals surface area contributed by atoms with Gasteiger partial charge in [0, 0.05) is 32.7 Å². The summed E-state index contributed by atoms with van der Waals surface area (Å²) in [7, 11) is 0. The Bertz CT molecular complexity index is 909. The van der Waals surface area contributed by atoms with Gasteiger partial charge in [0.1, 0.15) is 0 Å². The number of hydrogen-bond donors (Lipinski definition) is 3. The monoisotopic (exact) mass is 385 g/mol. The zero-order chi connectivity index (χ0) is 18.0. The van der Waals surface area contributed by atoms with Crippen LogP contribution in [0.15, 0.2) is 53.6 Å². The van der Waals surface area contributed by atoms with Crippen molar-refractivity contribution in [2.75, 3.05) is 10.6 Å². The molecule has 0 aliphatic carbocycles. The van der Waals surface area contributed by atoms with Crippen molar-refractivity contribution in [2.24, 2.45) is 0 Å². The third-order valence-electron chi connectivity index (χ3n) is 3.24. The van der Waals surface area contributed by atoms with Crippen LogP contribution in [0.4, 0.5) is 29.3 Å². The molecule has 0 saturated carbocycles. The number of thioether (sulfide) groups is 1. The Morgan fingerprint density at radius 2 is 1.80 bits per heavy atom. The quantitative estimate of drug-likeness (QED) is 0.479. The second-order valence-electron chi connectivity index (χ2n) is 5.04. The molecule has 3 rings (SSSR count). The molecular weight excluding hydrogens is 375 g/mol. The third kappa shape index (κ3) is 4.61. The Labute approximate surface area is 149 Å². The summed E-state index contributed by atoms with van der Waals surface area (Å²) < 4.78 is 36.9. The summed E-state index contributed by atoms with van der Waals surface area (Å²) in [5.74, 6) is 0. The number of aromatic amines is 1. The number of alkyl halides is 3. The van der Waals surface area contributed by atoms with E-state index in [0.29, 0.717) is 16.4 Å². The van der Waals surface area contributed by atoms with Crippen LogP contribution in [-0.4, -0.2) is 16.5 Å². The SMILES string of the molecule is O=C(Nc1ccc(SC(F)(F)F)cc1)Nc1c[nH]c2cc(Cl)ccc12. The molecule has 3 aromatic rings. The Hall–Kier alpha value is -2.32. The number of urea groups is 1. The minimum Gasteiger partial charge on any atom is -0.359 e. The maximum atomic E-state index is 12.3. The molecular formula is C16H11ClF3N3OS. The van der Waals surface area contributed by atoms with Gasteiger partial charge < -0.3 is 15.6 Å². The largest absolute Gasteiger partial charge is 0.446 e. The zero-order valence-corrected chi connectivity index (χ0v) is 14.0. The second-order valence-corrected chi connectivity index (χ2v) is 6.62. The topological polar surface area (TPSA) is 56.9 Å². The number of nitrogens with one attached hydrogen (secondary N) is 3. The van der Waals surface area contributed by atoms with E-state index < -0.39 is 11.5 Å². The summed E-state index contributed by atoms with van der Waals surface area (Å²) in [4.78, 5) is 15.1. The maximum absolute atomic E-state index is 12.3. The molecule has 4 nitrogen and oxygen atoms in total. The first-order valence-electron chi connectivity index (χ1n) is 7.01. The van der Waals surface area contributed by atoms with Crippen LogP contribution in [0.3, 0.4) is 0 Å². The molecule has 0 aliphatic rings. The van der Waals surface area contributed by atoms with Crippen LogP contribution in [0.2, 0.25) is 5.02 Å². The summed E-state index contributed by atoms with van der Waals surface area (Å²) in [6.45, 7) is 0. The minimum absolute atomic E-state index is 0.0481. The second kappa shape index (κ2) is 6.89. The fraction of sp³-hybridized carbons (Fsp3) is 0.0625. The molecule has 2 aromatic carbocycles. The van der Waals surface area contributed by atoms with Crippen molar-refractivity contribution in [1.29, 1.82) is 0 Å². The van der Waals surface area contributed by atoms with Crippen molar-refractivity contribution in [2.45, 2.75) is 10.4 Å².